The van der Waals surface area contributed by atoms with Crippen LogP contribution in [0.1, 0.15) is 66.2 Å². The summed E-state index contributed by atoms with van der Waals surface area (Å²) in [7, 11) is 0. The average molecular weight is 252 g/mol. The molecule has 2 heteroatoms. The van der Waals surface area contributed by atoms with Crippen LogP contribution in [0.2, 0.25) is 0 Å². The lowest BCUT2D eigenvalue weighted by Crippen LogP contribution is -2.59. The molecule has 2 atom stereocenters. The van der Waals surface area contributed by atoms with E-state index in [0.29, 0.717) is 11.5 Å². The van der Waals surface area contributed by atoms with Crippen molar-refractivity contribution < 1.29 is 0 Å². The fourth-order valence-corrected chi connectivity index (χ4v) is 3.88. The molecule has 2 saturated carbocycles. The van der Waals surface area contributed by atoms with Crippen molar-refractivity contribution in [2.75, 3.05) is 13.1 Å². The molecule has 2 aliphatic carbocycles. The van der Waals surface area contributed by atoms with Gasteiger partial charge in [0.05, 0.1) is 0 Å². The number of hydrogen-bond donors (Lipinski definition) is 1. The van der Waals surface area contributed by atoms with Crippen LogP contribution in [0.25, 0.3) is 0 Å². The van der Waals surface area contributed by atoms with E-state index in [-0.39, 0.29) is 0 Å². The van der Waals surface area contributed by atoms with Gasteiger partial charge in [-0.1, -0.05) is 34.1 Å². The molecule has 2 unspecified atom stereocenters. The molecule has 0 aromatic rings. The minimum atomic E-state index is 0.458. The summed E-state index contributed by atoms with van der Waals surface area (Å²) in [5.41, 5.74) is 0.458. The van der Waals surface area contributed by atoms with Gasteiger partial charge in [0.25, 0.3) is 0 Å². The van der Waals surface area contributed by atoms with Gasteiger partial charge in [0.15, 0.2) is 0 Å². The van der Waals surface area contributed by atoms with Crippen molar-refractivity contribution in [3.63, 3.8) is 0 Å². The standard InChI is InChI=1S/C16H32N2/c1-5-12-18(13-9-10-13)14-8-7-11-16(3,4)15(14)17-6-2/h13-15,17H,5-12H2,1-4H3. The molecule has 18 heavy (non-hydrogen) atoms. The number of nitrogens with one attached hydrogen (secondary N) is 1. The predicted octanol–water partition coefficient (Wildman–Crippen LogP) is 3.42. The molecule has 0 spiro atoms. The maximum Gasteiger partial charge on any atom is 0.0274 e. The Bertz CT molecular complexity index is 258. The molecule has 0 aliphatic heterocycles. The summed E-state index contributed by atoms with van der Waals surface area (Å²) < 4.78 is 0. The maximum atomic E-state index is 3.80. The van der Waals surface area contributed by atoms with Crippen LogP contribution in [-0.2, 0) is 0 Å². The summed E-state index contributed by atoms with van der Waals surface area (Å²) >= 11 is 0. The van der Waals surface area contributed by atoms with E-state index in [1.807, 2.05) is 0 Å². The summed E-state index contributed by atoms with van der Waals surface area (Å²) in [6.45, 7) is 11.9. The lowest BCUT2D eigenvalue weighted by atomic mass is 9.70. The van der Waals surface area contributed by atoms with Gasteiger partial charge in [-0.05, 0) is 50.6 Å². The van der Waals surface area contributed by atoms with E-state index in [0.717, 1.165) is 18.6 Å². The van der Waals surface area contributed by atoms with Crippen molar-refractivity contribution in [1.82, 2.24) is 10.2 Å². The van der Waals surface area contributed by atoms with Crippen LogP contribution in [0.3, 0.4) is 0 Å². The molecule has 0 aromatic carbocycles. The first-order chi connectivity index (χ1) is 8.60. The van der Waals surface area contributed by atoms with Crippen LogP contribution in [0.4, 0.5) is 0 Å². The van der Waals surface area contributed by atoms with Crippen molar-refractivity contribution in [3.8, 4) is 0 Å². The summed E-state index contributed by atoms with van der Waals surface area (Å²) in [4.78, 5) is 2.84. The van der Waals surface area contributed by atoms with Gasteiger partial charge in [-0.3, -0.25) is 4.90 Å². The summed E-state index contributed by atoms with van der Waals surface area (Å²) in [6, 6.07) is 2.37. The minimum absolute atomic E-state index is 0.458. The van der Waals surface area contributed by atoms with Crippen molar-refractivity contribution in [3.05, 3.63) is 0 Å². The van der Waals surface area contributed by atoms with Gasteiger partial charge in [0.2, 0.25) is 0 Å². The van der Waals surface area contributed by atoms with E-state index in [1.165, 1.54) is 45.1 Å². The molecule has 0 heterocycles. The Labute approximate surface area is 114 Å². The van der Waals surface area contributed by atoms with Crippen LogP contribution in [0.15, 0.2) is 0 Å². The second kappa shape index (κ2) is 5.92. The largest absolute Gasteiger partial charge is 0.312 e. The second-order valence-electron chi connectivity index (χ2n) is 6.95. The second-order valence-corrected chi connectivity index (χ2v) is 6.95. The lowest BCUT2D eigenvalue weighted by Gasteiger charge is -2.49. The molecule has 2 rings (SSSR count). The monoisotopic (exact) mass is 252 g/mol. The van der Waals surface area contributed by atoms with Gasteiger partial charge in [-0.15, -0.1) is 0 Å². The van der Waals surface area contributed by atoms with E-state index in [2.05, 4.69) is 37.9 Å². The predicted molar refractivity (Wildman–Crippen MR) is 78.9 cm³/mol. The fourth-order valence-electron chi connectivity index (χ4n) is 3.88. The SMILES string of the molecule is CCCN(C1CC1)C1CCCC(C)(C)C1NCC. The summed E-state index contributed by atoms with van der Waals surface area (Å²) in [5, 5.41) is 3.80. The van der Waals surface area contributed by atoms with E-state index >= 15 is 0 Å². The normalized spacial score (nSPS) is 31.8. The molecule has 106 valence electrons. The zero-order chi connectivity index (χ0) is 13.2. The Morgan fingerprint density at radius 2 is 1.89 bits per heavy atom. The Morgan fingerprint density at radius 1 is 1.17 bits per heavy atom. The van der Waals surface area contributed by atoms with E-state index < -0.39 is 0 Å². The number of rotatable bonds is 6. The third-order valence-electron chi connectivity index (χ3n) is 4.90. The van der Waals surface area contributed by atoms with Crippen molar-refractivity contribution in [1.29, 1.82) is 0 Å². The highest BCUT2D eigenvalue weighted by Crippen LogP contribution is 2.41. The van der Waals surface area contributed by atoms with Crippen molar-refractivity contribution in [2.24, 2.45) is 5.41 Å². The fraction of sp³-hybridized carbons (Fsp3) is 1.00. The van der Waals surface area contributed by atoms with E-state index in [4.69, 9.17) is 0 Å². The third-order valence-corrected chi connectivity index (χ3v) is 4.90. The van der Waals surface area contributed by atoms with E-state index in [1.54, 1.807) is 0 Å². The topological polar surface area (TPSA) is 15.3 Å². The van der Waals surface area contributed by atoms with Crippen LogP contribution >= 0.6 is 0 Å². The molecular formula is C16H32N2. The smallest absolute Gasteiger partial charge is 0.0274 e. The van der Waals surface area contributed by atoms with Gasteiger partial charge >= 0.3 is 0 Å². The molecule has 0 bridgehead atoms. The molecule has 0 amide bonds. The Kier molecular flexibility index (Phi) is 4.71. The van der Waals surface area contributed by atoms with Gasteiger partial charge in [-0.25, -0.2) is 0 Å². The average Bonchev–Trinajstić information content (AvgIpc) is 3.13. The van der Waals surface area contributed by atoms with Crippen LogP contribution < -0.4 is 5.32 Å². The van der Waals surface area contributed by atoms with Gasteiger partial charge in [0, 0.05) is 18.1 Å². The molecule has 0 aromatic heterocycles. The highest BCUT2D eigenvalue weighted by atomic mass is 15.2. The summed E-state index contributed by atoms with van der Waals surface area (Å²) in [5.74, 6) is 0. The number of nitrogens with zero attached hydrogens (tertiary/aromatic N) is 1. The molecule has 0 radical (unpaired) electrons. The third kappa shape index (κ3) is 3.08. The van der Waals surface area contributed by atoms with Gasteiger partial charge in [-0.2, -0.15) is 0 Å². The minimum Gasteiger partial charge on any atom is -0.312 e. The molecule has 2 aliphatic rings. The number of likely N-dealkylation sites (N-methyl/N-ethyl adjacent to an activating group) is 1. The Balaban J connectivity index is 2.10. The number of hydrogen-bond acceptors (Lipinski definition) is 2. The molecular weight excluding hydrogens is 220 g/mol. The molecule has 2 fully saturated rings. The molecule has 2 nitrogen and oxygen atoms in total. The first kappa shape index (κ1) is 14.3. The molecule has 0 saturated heterocycles. The zero-order valence-corrected chi connectivity index (χ0v) is 12.8. The van der Waals surface area contributed by atoms with Crippen LogP contribution in [0, 0.1) is 5.41 Å². The molecule has 1 N–H and O–H groups in total. The zero-order valence-electron chi connectivity index (χ0n) is 12.8. The summed E-state index contributed by atoms with van der Waals surface area (Å²) in [6.07, 6.45) is 8.37. The quantitative estimate of drug-likeness (QED) is 0.779. The van der Waals surface area contributed by atoms with Crippen molar-refractivity contribution in [2.45, 2.75) is 84.3 Å². The highest BCUT2D eigenvalue weighted by molar-refractivity contribution is 5.01. The first-order valence-corrected chi connectivity index (χ1v) is 8.09. The highest BCUT2D eigenvalue weighted by Gasteiger charge is 2.44. The maximum absolute atomic E-state index is 3.80. The van der Waals surface area contributed by atoms with Gasteiger partial charge < -0.3 is 5.32 Å². The Hall–Kier alpha value is -0.0800. The van der Waals surface area contributed by atoms with Crippen LogP contribution in [0.5, 0.6) is 0 Å². The Morgan fingerprint density at radius 3 is 2.44 bits per heavy atom. The lowest BCUT2D eigenvalue weighted by molar-refractivity contribution is 0.0440. The van der Waals surface area contributed by atoms with Gasteiger partial charge in [0.1, 0.15) is 0 Å². The van der Waals surface area contributed by atoms with Crippen LogP contribution in [-0.4, -0.2) is 36.1 Å². The van der Waals surface area contributed by atoms with Crippen molar-refractivity contribution >= 4 is 0 Å². The van der Waals surface area contributed by atoms with E-state index in [9.17, 15) is 0 Å². The first-order valence-electron chi connectivity index (χ1n) is 8.09.